The van der Waals surface area contributed by atoms with Crippen molar-refractivity contribution in [2.75, 3.05) is 0 Å². The highest BCUT2D eigenvalue weighted by Gasteiger charge is 2.34. The fraction of sp³-hybridized carbons (Fsp3) is 0.379. The summed E-state index contributed by atoms with van der Waals surface area (Å²) in [6, 6.07) is 16.3. The topological polar surface area (TPSA) is 0 Å². The smallest absolute Gasteiger partial charge is 0.167 e. The van der Waals surface area contributed by atoms with Crippen LogP contribution in [0.2, 0.25) is 0 Å². The second-order valence-electron chi connectivity index (χ2n) is 8.63. The zero-order valence-electron chi connectivity index (χ0n) is 20.0. The van der Waals surface area contributed by atoms with E-state index >= 15 is 0 Å². The van der Waals surface area contributed by atoms with Gasteiger partial charge >= 0.3 is 5.92 Å². The maximum Gasteiger partial charge on any atom is 0.406 e. The van der Waals surface area contributed by atoms with Gasteiger partial charge in [0, 0.05) is 14.5 Å². The van der Waals surface area contributed by atoms with Crippen LogP contribution in [0.25, 0.3) is 11.6 Å². The zero-order valence-corrected chi connectivity index (χ0v) is 21.0. The number of hydrogen-bond acceptors (Lipinski definition) is 0. The average Bonchev–Trinajstić information content (AvgIpc) is 3.19. The number of alkyl halides is 3. The predicted molar refractivity (Wildman–Crippen MR) is 138 cm³/mol. The van der Waals surface area contributed by atoms with Gasteiger partial charge in [0.25, 0.3) is 0 Å². The Bertz CT molecular complexity index is 1060. The lowest BCUT2D eigenvalue weighted by Crippen LogP contribution is -2.09. The second-order valence-corrected chi connectivity index (χ2v) is 10.0. The van der Waals surface area contributed by atoms with Gasteiger partial charge in [-0.05, 0) is 64.9 Å². The Kier molecular flexibility index (Phi) is 8.76. The third-order valence-corrected chi connectivity index (χ3v) is 7.35. The minimum atomic E-state index is -4.22. The normalized spacial score (nSPS) is 17.4. The molecule has 0 saturated carbocycles. The number of fused-ring (bicyclic) bond motifs is 1. The van der Waals surface area contributed by atoms with Gasteiger partial charge in [-0.25, -0.2) is 0 Å². The van der Waals surface area contributed by atoms with Crippen LogP contribution >= 0.6 is 8.58 Å². The molecule has 0 nitrogen and oxygen atoms in total. The molecule has 0 saturated heterocycles. The lowest BCUT2D eigenvalue weighted by atomic mass is 9.79. The van der Waals surface area contributed by atoms with Crippen molar-refractivity contribution in [2.45, 2.75) is 71.6 Å². The van der Waals surface area contributed by atoms with Gasteiger partial charge in [-0.2, -0.15) is 13.2 Å². The molecule has 1 aliphatic rings. The summed E-state index contributed by atoms with van der Waals surface area (Å²) in [7, 11) is -1.17. The molecule has 0 fully saturated rings. The summed E-state index contributed by atoms with van der Waals surface area (Å²) in [5, 5.41) is 0.552. The summed E-state index contributed by atoms with van der Waals surface area (Å²) in [5.74, 6) is -4.38. The molecule has 2 atom stereocenters. The van der Waals surface area contributed by atoms with Crippen molar-refractivity contribution in [3.63, 3.8) is 0 Å². The molecule has 0 amide bonds. The van der Waals surface area contributed by atoms with Crippen LogP contribution < -0.4 is 0 Å². The van der Waals surface area contributed by atoms with Crippen LogP contribution in [0.5, 0.6) is 0 Å². The van der Waals surface area contributed by atoms with Gasteiger partial charge in [0.05, 0.1) is 0 Å². The molecule has 2 aromatic rings. The van der Waals surface area contributed by atoms with Crippen LogP contribution in [-0.4, -0.2) is 5.92 Å². The number of benzene rings is 2. The van der Waals surface area contributed by atoms with E-state index in [1.807, 2.05) is 31.2 Å². The molecule has 2 unspecified atom stereocenters. The van der Waals surface area contributed by atoms with Crippen LogP contribution in [0.15, 0.2) is 71.1 Å². The highest BCUT2D eigenvalue weighted by molar-refractivity contribution is 7.44. The van der Waals surface area contributed by atoms with Crippen molar-refractivity contribution >= 4 is 20.2 Å². The first-order valence-corrected chi connectivity index (χ1v) is 12.9. The Labute approximate surface area is 198 Å². The minimum absolute atomic E-state index is 0.161. The Morgan fingerprint density at radius 3 is 2.21 bits per heavy atom. The average molecular weight is 471 g/mol. The maximum atomic E-state index is 13.9. The van der Waals surface area contributed by atoms with E-state index in [1.54, 1.807) is 0 Å². The summed E-state index contributed by atoms with van der Waals surface area (Å²) in [4.78, 5) is 0. The highest BCUT2D eigenvalue weighted by atomic mass is 31.1. The van der Waals surface area contributed by atoms with Crippen molar-refractivity contribution in [1.82, 2.24) is 0 Å². The number of hydrogen-bond donors (Lipinski definition) is 0. The van der Waals surface area contributed by atoms with E-state index in [-0.39, 0.29) is 5.92 Å². The Balaban J connectivity index is 2.40. The molecule has 0 heterocycles. The molecule has 176 valence electrons. The van der Waals surface area contributed by atoms with E-state index < -0.39 is 14.5 Å². The monoisotopic (exact) mass is 470 g/mol. The van der Waals surface area contributed by atoms with Gasteiger partial charge in [0.15, 0.2) is 0 Å². The molecule has 4 heteroatoms. The van der Waals surface area contributed by atoms with Gasteiger partial charge in [-0.15, -0.1) is 0 Å². The largest absolute Gasteiger partial charge is 0.406 e. The van der Waals surface area contributed by atoms with Crippen molar-refractivity contribution < 1.29 is 13.2 Å². The third-order valence-electron chi connectivity index (χ3n) is 6.24. The first-order chi connectivity index (χ1) is 15.8. The van der Waals surface area contributed by atoms with Crippen LogP contribution in [0.1, 0.15) is 81.0 Å². The van der Waals surface area contributed by atoms with E-state index in [0.29, 0.717) is 18.2 Å². The lowest BCUT2D eigenvalue weighted by Gasteiger charge is -2.28. The molecule has 0 N–H and O–H groups in total. The molecule has 0 bridgehead atoms. The highest BCUT2D eigenvalue weighted by Crippen LogP contribution is 2.53. The Morgan fingerprint density at radius 1 is 0.909 bits per heavy atom. The Morgan fingerprint density at radius 2 is 1.58 bits per heavy atom. The van der Waals surface area contributed by atoms with E-state index in [2.05, 4.69) is 57.2 Å². The molecule has 0 aromatic heterocycles. The molecular weight excluding hydrogens is 436 g/mol. The standard InChI is InChI=1S/C29H34F3P/c1-5-12-21(7-3)27(23-16-10-8-14-20(23)4)28(26(13-6-2)33-29(30,31)32)25-19-18-22-15-9-11-17-24(22)25/h8-11,14-19,25,33H,5-7,12-13H2,1-4H3. The predicted octanol–water partition coefficient (Wildman–Crippen LogP) is 10.0. The number of aryl methyl sites for hydroxylation is 1. The molecular formula is C29H34F3P. The first-order valence-electron chi connectivity index (χ1n) is 11.9. The number of halogens is 3. The van der Waals surface area contributed by atoms with Crippen molar-refractivity contribution in [3.8, 4) is 0 Å². The molecule has 0 aliphatic heterocycles. The molecule has 0 spiro atoms. The van der Waals surface area contributed by atoms with Gasteiger partial charge in [0.1, 0.15) is 0 Å². The fourth-order valence-corrected chi connectivity index (χ4v) is 5.97. The molecule has 1 aliphatic carbocycles. The van der Waals surface area contributed by atoms with Crippen LogP contribution in [0.3, 0.4) is 0 Å². The van der Waals surface area contributed by atoms with Gasteiger partial charge in [0.2, 0.25) is 0 Å². The summed E-state index contributed by atoms with van der Waals surface area (Å²) in [6.45, 7) is 8.31. The van der Waals surface area contributed by atoms with E-state index in [9.17, 15) is 13.2 Å². The number of allylic oxidation sites excluding steroid dienone is 5. The van der Waals surface area contributed by atoms with E-state index in [4.69, 9.17) is 0 Å². The molecule has 3 rings (SSSR count). The van der Waals surface area contributed by atoms with Crippen LogP contribution in [0.4, 0.5) is 13.2 Å². The first kappa shape index (κ1) is 25.5. The van der Waals surface area contributed by atoms with Crippen LogP contribution in [-0.2, 0) is 0 Å². The fourth-order valence-electron chi connectivity index (χ4n) is 4.84. The lowest BCUT2D eigenvalue weighted by molar-refractivity contribution is -0.0364. The molecule has 0 radical (unpaired) electrons. The molecule has 2 aromatic carbocycles. The summed E-state index contributed by atoms with van der Waals surface area (Å²) in [5.41, 5.74) is 7.55. The summed E-state index contributed by atoms with van der Waals surface area (Å²) >= 11 is 0. The van der Waals surface area contributed by atoms with E-state index in [0.717, 1.165) is 52.7 Å². The van der Waals surface area contributed by atoms with Crippen molar-refractivity contribution in [2.24, 2.45) is 0 Å². The minimum Gasteiger partial charge on any atom is -0.167 e. The van der Waals surface area contributed by atoms with Gasteiger partial charge < -0.3 is 0 Å². The molecule has 33 heavy (non-hydrogen) atoms. The van der Waals surface area contributed by atoms with Crippen LogP contribution in [0, 0.1) is 6.92 Å². The van der Waals surface area contributed by atoms with Crippen molar-refractivity contribution in [1.29, 1.82) is 0 Å². The summed E-state index contributed by atoms with van der Waals surface area (Å²) < 4.78 is 41.7. The SMILES string of the molecule is CCCC(CC)=C(C(=C(CCC)PC(F)(F)F)C1C=Cc2ccccc21)c1ccccc1C. The maximum absolute atomic E-state index is 13.9. The second kappa shape index (κ2) is 11.3. The van der Waals surface area contributed by atoms with Gasteiger partial charge in [-0.1, -0.05) is 99.9 Å². The third kappa shape index (κ3) is 6.07. The zero-order chi connectivity index (χ0) is 24.0. The van der Waals surface area contributed by atoms with E-state index in [1.165, 1.54) is 5.57 Å². The summed E-state index contributed by atoms with van der Waals surface area (Å²) in [6.07, 6.45) is 8.00. The quantitative estimate of drug-likeness (QED) is 0.253. The van der Waals surface area contributed by atoms with Gasteiger partial charge in [-0.3, -0.25) is 0 Å². The van der Waals surface area contributed by atoms with Crippen molar-refractivity contribution in [3.05, 3.63) is 93.3 Å². The number of rotatable bonds is 9. The Hall–Kier alpha value is -2.12.